The highest BCUT2D eigenvalue weighted by Gasteiger charge is 2.16. The molecule has 6 heteroatoms. The number of nitrogens with zero attached hydrogens (tertiary/aromatic N) is 3. The summed E-state index contributed by atoms with van der Waals surface area (Å²) in [4.78, 5) is 0.280. The van der Waals surface area contributed by atoms with Crippen molar-refractivity contribution in [2.45, 2.75) is 18.7 Å². The molecule has 5 nitrogen and oxygen atoms in total. The minimum atomic E-state index is -3.38. The molecule has 0 fully saturated rings. The van der Waals surface area contributed by atoms with Crippen molar-refractivity contribution in [1.29, 1.82) is 0 Å². The quantitative estimate of drug-likeness (QED) is 0.860. The van der Waals surface area contributed by atoms with Gasteiger partial charge in [-0.15, -0.1) is 0 Å². The average Bonchev–Trinajstić information content (AvgIpc) is 2.68. The third kappa shape index (κ3) is 2.54. The lowest BCUT2D eigenvalue weighted by atomic mass is 10.3. The largest absolute Gasteiger partial charge is 0.242 e. The average molecular weight is 279 g/mol. The molecule has 2 rings (SSSR count). The van der Waals surface area contributed by atoms with Crippen molar-refractivity contribution in [2.24, 2.45) is 0 Å². The smallest absolute Gasteiger partial charge is 0.238 e. The first-order valence-electron chi connectivity index (χ1n) is 5.88. The minimum Gasteiger partial charge on any atom is -0.238 e. The maximum absolute atomic E-state index is 12.0. The van der Waals surface area contributed by atoms with Crippen LogP contribution in [-0.4, -0.2) is 36.6 Å². The van der Waals surface area contributed by atoms with Crippen molar-refractivity contribution < 1.29 is 8.42 Å². The van der Waals surface area contributed by atoms with Gasteiger partial charge in [-0.3, -0.25) is 0 Å². The molecule has 0 unspecified atom stereocenters. The summed E-state index contributed by atoms with van der Waals surface area (Å²) < 4.78 is 26.9. The molecule has 0 radical (unpaired) electrons. The molecule has 0 N–H and O–H groups in total. The van der Waals surface area contributed by atoms with E-state index in [4.69, 9.17) is 0 Å². The van der Waals surface area contributed by atoms with Gasteiger partial charge in [0.1, 0.15) is 0 Å². The fourth-order valence-corrected chi connectivity index (χ4v) is 2.76. The normalized spacial score (nSPS) is 12.1. The molecule has 0 saturated carbocycles. The van der Waals surface area contributed by atoms with Crippen molar-refractivity contribution in [1.82, 2.24) is 14.1 Å². The fourth-order valence-electron chi connectivity index (χ4n) is 1.86. The highest BCUT2D eigenvalue weighted by atomic mass is 32.2. The molecule has 1 heterocycles. The Kier molecular flexibility index (Phi) is 3.47. The summed E-state index contributed by atoms with van der Waals surface area (Å²) in [5.41, 5.74) is 2.80. The van der Waals surface area contributed by atoms with E-state index in [1.807, 2.05) is 19.9 Å². The summed E-state index contributed by atoms with van der Waals surface area (Å²) in [6.45, 7) is 3.89. The summed E-state index contributed by atoms with van der Waals surface area (Å²) in [6.07, 6.45) is 0. The molecular formula is C13H17N3O2S. The van der Waals surface area contributed by atoms with E-state index >= 15 is 0 Å². The Balaban J connectivity index is 2.42. The summed E-state index contributed by atoms with van der Waals surface area (Å²) in [6, 6.07) is 8.69. The number of aryl methyl sites for hydroxylation is 2. The predicted molar refractivity (Wildman–Crippen MR) is 73.9 cm³/mol. The summed E-state index contributed by atoms with van der Waals surface area (Å²) in [7, 11) is -0.341. The number of sulfonamides is 1. The Labute approximate surface area is 113 Å². The van der Waals surface area contributed by atoms with E-state index in [0.717, 1.165) is 17.1 Å². The van der Waals surface area contributed by atoms with Crippen molar-refractivity contribution in [3.8, 4) is 5.69 Å². The Bertz CT molecular complexity index is 685. The van der Waals surface area contributed by atoms with Crippen LogP contribution in [0, 0.1) is 13.8 Å². The van der Waals surface area contributed by atoms with Gasteiger partial charge in [-0.25, -0.2) is 17.4 Å². The van der Waals surface area contributed by atoms with E-state index < -0.39 is 10.0 Å². The minimum absolute atomic E-state index is 0.280. The van der Waals surface area contributed by atoms with E-state index in [9.17, 15) is 8.42 Å². The molecule has 0 aliphatic heterocycles. The number of hydrogen-bond donors (Lipinski definition) is 0. The zero-order valence-electron chi connectivity index (χ0n) is 11.5. The van der Waals surface area contributed by atoms with Crippen LogP contribution in [0.3, 0.4) is 0 Å². The van der Waals surface area contributed by atoms with E-state index in [2.05, 4.69) is 5.10 Å². The highest BCUT2D eigenvalue weighted by Crippen LogP contribution is 2.17. The van der Waals surface area contributed by atoms with Crippen LogP contribution in [0.2, 0.25) is 0 Å². The molecule has 1 aromatic carbocycles. The van der Waals surface area contributed by atoms with Crippen molar-refractivity contribution in [2.75, 3.05) is 14.1 Å². The van der Waals surface area contributed by atoms with Crippen LogP contribution in [0.1, 0.15) is 11.4 Å². The van der Waals surface area contributed by atoms with Gasteiger partial charge < -0.3 is 0 Å². The van der Waals surface area contributed by atoms with Gasteiger partial charge in [0.25, 0.3) is 0 Å². The Morgan fingerprint density at radius 1 is 1.11 bits per heavy atom. The predicted octanol–water partition coefficient (Wildman–Crippen LogP) is 1.74. The summed E-state index contributed by atoms with van der Waals surface area (Å²) in [5.74, 6) is 0. The second-order valence-corrected chi connectivity index (χ2v) is 6.77. The Morgan fingerprint density at radius 3 is 2.11 bits per heavy atom. The zero-order valence-corrected chi connectivity index (χ0v) is 12.3. The van der Waals surface area contributed by atoms with Gasteiger partial charge in [0.15, 0.2) is 0 Å². The monoisotopic (exact) mass is 279 g/mol. The molecule has 0 spiro atoms. The lowest BCUT2D eigenvalue weighted by Gasteiger charge is -2.12. The van der Waals surface area contributed by atoms with Gasteiger partial charge in [0.2, 0.25) is 10.0 Å². The molecule has 102 valence electrons. The topological polar surface area (TPSA) is 55.2 Å². The van der Waals surface area contributed by atoms with Crippen molar-refractivity contribution in [3.05, 3.63) is 41.7 Å². The first-order valence-corrected chi connectivity index (χ1v) is 7.32. The molecule has 19 heavy (non-hydrogen) atoms. The third-order valence-electron chi connectivity index (χ3n) is 2.87. The maximum atomic E-state index is 12.0. The first kappa shape index (κ1) is 13.8. The van der Waals surface area contributed by atoms with Crippen LogP contribution in [0.4, 0.5) is 0 Å². The third-order valence-corrected chi connectivity index (χ3v) is 4.70. The lowest BCUT2D eigenvalue weighted by molar-refractivity contribution is 0.520. The zero-order chi connectivity index (χ0) is 14.2. The Morgan fingerprint density at radius 2 is 1.68 bits per heavy atom. The molecule has 2 aromatic rings. The van der Waals surface area contributed by atoms with Crippen LogP contribution < -0.4 is 0 Å². The molecular weight excluding hydrogens is 262 g/mol. The number of benzene rings is 1. The van der Waals surface area contributed by atoms with Crippen molar-refractivity contribution >= 4 is 10.0 Å². The maximum Gasteiger partial charge on any atom is 0.242 e. The SMILES string of the molecule is Cc1cc(C)n(-c2ccc(S(=O)(=O)N(C)C)cc2)n1. The van der Waals surface area contributed by atoms with Crippen molar-refractivity contribution in [3.63, 3.8) is 0 Å². The van der Waals surface area contributed by atoms with E-state index in [1.54, 1.807) is 28.9 Å². The first-order chi connectivity index (χ1) is 8.82. The van der Waals surface area contributed by atoms with E-state index in [0.29, 0.717) is 0 Å². The van der Waals surface area contributed by atoms with Crippen LogP contribution in [-0.2, 0) is 10.0 Å². The van der Waals surface area contributed by atoms with Gasteiger partial charge in [-0.1, -0.05) is 0 Å². The molecule has 0 amide bonds. The second-order valence-electron chi connectivity index (χ2n) is 4.62. The van der Waals surface area contributed by atoms with E-state index in [1.165, 1.54) is 18.4 Å². The molecule has 0 saturated heterocycles. The summed E-state index contributed by atoms with van der Waals surface area (Å²) >= 11 is 0. The van der Waals surface area contributed by atoms with Crippen LogP contribution in [0.5, 0.6) is 0 Å². The number of rotatable bonds is 3. The van der Waals surface area contributed by atoms with Crippen LogP contribution in [0.15, 0.2) is 35.2 Å². The van der Waals surface area contributed by atoms with Gasteiger partial charge in [-0.2, -0.15) is 5.10 Å². The van der Waals surface area contributed by atoms with E-state index in [-0.39, 0.29) is 4.90 Å². The molecule has 0 atom stereocenters. The van der Waals surface area contributed by atoms with Gasteiger partial charge in [0, 0.05) is 19.8 Å². The van der Waals surface area contributed by atoms with Gasteiger partial charge in [0.05, 0.1) is 16.3 Å². The second kappa shape index (κ2) is 4.79. The molecule has 1 aromatic heterocycles. The van der Waals surface area contributed by atoms with Gasteiger partial charge >= 0.3 is 0 Å². The number of aromatic nitrogens is 2. The standard InChI is InChI=1S/C13H17N3O2S/c1-10-9-11(2)16(14-10)12-5-7-13(8-6-12)19(17,18)15(3)4/h5-9H,1-4H3. The molecule has 0 aliphatic rings. The van der Waals surface area contributed by atoms with Gasteiger partial charge in [-0.05, 0) is 44.2 Å². The Hall–Kier alpha value is -1.66. The molecule has 0 aliphatic carbocycles. The summed E-state index contributed by atoms with van der Waals surface area (Å²) in [5, 5.41) is 4.36. The fraction of sp³-hybridized carbons (Fsp3) is 0.308. The van der Waals surface area contributed by atoms with Crippen LogP contribution >= 0.6 is 0 Å². The van der Waals surface area contributed by atoms with Crippen LogP contribution in [0.25, 0.3) is 5.69 Å². The lowest BCUT2D eigenvalue weighted by Crippen LogP contribution is -2.22. The molecule has 0 bridgehead atoms. The number of hydrogen-bond acceptors (Lipinski definition) is 3. The highest BCUT2D eigenvalue weighted by molar-refractivity contribution is 7.89.